The molecule has 5 N–H and O–H groups in total. The number of benzene rings is 5. The highest BCUT2D eigenvalue weighted by molar-refractivity contribution is 6.20. The van der Waals surface area contributed by atoms with Crippen molar-refractivity contribution >= 4 is 40.5 Å². The predicted octanol–water partition coefficient (Wildman–Crippen LogP) is 7.22. The molecule has 7 rings (SSSR count). The van der Waals surface area contributed by atoms with E-state index in [1.54, 1.807) is 48.5 Å². The number of ether oxygens (including phenoxy) is 2. The van der Waals surface area contributed by atoms with Crippen molar-refractivity contribution in [3.63, 3.8) is 0 Å². The van der Waals surface area contributed by atoms with E-state index in [9.17, 15) is 29.4 Å². The molecular formula is C43H39N5O8. The standard InChI is InChI=1S/C43H39N5O8/c1-48(2)29-14-12-28(13-15-29)47-46-27-10-7-25(8-11-27)40(52)39(45-21-5-3-4-6-38(44)51)41(53)26-9-18-33-32(22-26)42(54)56-43(33)34-19-16-30(49)23-36(34)55-37-24-31(50)17-20-35(37)43/h7-20,22-24,39,45,49-50H,3-6,21H2,1-2H3,(H2,44,51). The molecule has 0 saturated heterocycles. The zero-order chi connectivity index (χ0) is 39.6. The van der Waals surface area contributed by atoms with Gasteiger partial charge in [0.1, 0.15) is 29.0 Å². The van der Waals surface area contributed by atoms with Crippen LogP contribution in [0.2, 0.25) is 0 Å². The summed E-state index contributed by atoms with van der Waals surface area (Å²) >= 11 is 0. The van der Waals surface area contributed by atoms with Crippen LogP contribution in [0.25, 0.3) is 0 Å². The summed E-state index contributed by atoms with van der Waals surface area (Å²) in [5, 5.41) is 32.2. The van der Waals surface area contributed by atoms with Crippen LogP contribution in [0.15, 0.2) is 113 Å². The second-order valence-corrected chi connectivity index (χ2v) is 13.8. The van der Waals surface area contributed by atoms with Crippen LogP contribution in [0, 0.1) is 0 Å². The maximum atomic E-state index is 14.3. The minimum Gasteiger partial charge on any atom is -0.508 e. The van der Waals surface area contributed by atoms with Gasteiger partial charge in [-0.25, -0.2) is 4.79 Å². The molecule has 2 heterocycles. The van der Waals surface area contributed by atoms with Crippen LogP contribution < -0.4 is 20.7 Å². The minimum absolute atomic E-state index is 0.0749. The van der Waals surface area contributed by atoms with E-state index in [1.807, 2.05) is 43.3 Å². The molecule has 13 nitrogen and oxygen atoms in total. The molecule has 0 saturated carbocycles. The van der Waals surface area contributed by atoms with E-state index in [0.717, 1.165) is 5.69 Å². The van der Waals surface area contributed by atoms with Crippen molar-refractivity contribution in [1.82, 2.24) is 5.32 Å². The first kappa shape index (κ1) is 37.5. The molecule has 0 aliphatic carbocycles. The van der Waals surface area contributed by atoms with Gasteiger partial charge in [0.25, 0.3) is 0 Å². The van der Waals surface area contributed by atoms with Crippen LogP contribution >= 0.6 is 0 Å². The SMILES string of the molecule is CN(C)c1ccc(N=Nc2ccc(C(=O)C(NCCCCCC(N)=O)C(=O)c3ccc4c(c3)C(=O)OC43c4ccc(O)cc4Oc4cc(O)ccc43)cc2)cc1. The molecule has 2 aliphatic rings. The van der Waals surface area contributed by atoms with Gasteiger partial charge < -0.3 is 35.6 Å². The van der Waals surface area contributed by atoms with Crippen molar-refractivity contribution in [1.29, 1.82) is 0 Å². The highest BCUT2D eigenvalue weighted by atomic mass is 16.6. The largest absolute Gasteiger partial charge is 0.508 e. The third-order valence-corrected chi connectivity index (χ3v) is 9.83. The van der Waals surface area contributed by atoms with Gasteiger partial charge in [-0.1, -0.05) is 18.6 Å². The lowest BCUT2D eigenvalue weighted by Crippen LogP contribution is -2.44. The molecule has 5 aromatic rings. The van der Waals surface area contributed by atoms with Crippen molar-refractivity contribution < 1.29 is 38.9 Å². The fourth-order valence-corrected chi connectivity index (χ4v) is 6.97. The average molecular weight is 754 g/mol. The van der Waals surface area contributed by atoms with Crippen LogP contribution in [0.4, 0.5) is 17.1 Å². The van der Waals surface area contributed by atoms with Gasteiger partial charge in [-0.3, -0.25) is 14.4 Å². The number of carbonyl (C=O) groups is 4. The van der Waals surface area contributed by atoms with Crippen molar-refractivity contribution in [2.45, 2.75) is 37.3 Å². The lowest BCUT2D eigenvalue weighted by molar-refractivity contribution is -0.118. The highest BCUT2D eigenvalue weighted by Crippen LogP contribution is 2.57. The number of rotatable bonds is 14. The molecule has 0 aromatic heterocycles. The highest BCUT2D eigenvalue weighted by Gasteiger charge is 2.54. The lowest BCUT2D eigenvalue weighted by Gasteiger charge is -2.36. The number of Topliss-reactive ketones (excluding diaryl/α,β-unsaturated/α-hetero) is 2. The van der Waals surface area contributed by atoms with Gasteiger partial charge in [0.2, 0.25) is 5.91 Å². The van der Waals surface area contributed by atoms with E-state index < -0.39 is 35.1 Å². The Labute approximate surface area is 322 Å². The van der Waals surface area contributed by atoms with E-state index >= 15 is 0 Å². The zero-order valence-corrected chi connectivity index (χ0v) is 30.7. The minimum atomic E-state index is -1.51. The van der Waals surface area contributed by atoms with E-state index in [1.165, 1.54) is 30.3 Å². The monoisotopic (exact) mass is 753 g/mol. The van der Waals surface area contributed by atoms with Crippen LogP contribution in [-0.4, -0.2) is 60.3 Å². The molecule has 0 bridgehead atoms. The number of nitrogens with one attached hydrogen (secondary N) is 1. The number of anilines is 1. The normalized spacial score (nSPS) is 14.0. The molecule has 1 spiro atoms. The quantitative estimate of drug-likeness (QED) is 0.0296. The van der Waals surface area contributed by atoms with Gasteiger partial charge in [-0.15, -0.1) is 0 Å². The van der Waals surface area contributed by atoms with Gasteiger partial charge in [-0.05, 0) is 98.2 Å². The Bertz CT molecular complexity index is 2320. The number of phenolic OH excluding ortho intramolecular Hbond substituents is 2. The Morgan fingerprint density at radius 2 is 1.29 bits per heavy atom. The first-order chi connectivity index (χ1) is 26.9. The number of ketones is 2. The van der Waals surface area contributed by atoms with Crippen LogP contribution in [-0.2, 0) is 15.1 Å². The smallest absolute Gasteiger partial charge is 0.340 e. The molecule has 0 fully saturated rings. The number of fused-ring (bicyclic) bond motifs is 6. The Morgan fingerprint density at radius 1 is 0.732 bits per heavy atom. The second kappa shape index (κ2) is 15.5. The van der Waals surface area contributed by atoms with Gasteiger partial charge in [-0.2, -0.15) is 10.2 Å². The number of primary amides is 1. The number of unbranched alkanes of at least 4 members (excludes halogenated alkanes) is 2. The topological polar surface area (TPSA) is 193 Å². The zero-order valence-electron chi connectivity index (χ0n) is 30.7. The number of hydrogen-bond acceptors (Lipinski definition) is 12. The van der Waals surface area contributed by atoms with Crippen LogP contribution in [0.1, 0.15) is 73.4 Å². The first-order valence-corrected chi connectivity index (χ1v) is 18.1. The van der Waals surface area contributed by atoms with E-state index in [-0.39, 0.29) is 46.1 Å². The molecule has 1 atom stereocenters. The van der Waals surface area contributed by atoms with Gasteiger partial charge in [0.15, 0.2) is 17.2 Å². The summed E-state index contributed by atoms with van der Waals surface area (Å²) in [6.07, 6.45) is 2.04. The molecule has 13 heteroatoms. The molecule has 284 valence electrons. The first-order valence-electron chi connectivity index (χ1n) is 18.1. The van der Waals surface area contributed by atoms with Gasteiger partial charge in [0, 0.05) is 66.2 Å². The Morgan fingerprint density at radius 3 is 1.88 bits per heavy atom. The molecule has 56 heavy (non-hydrogen) atoms. The van der Waals surface area contributed by atoms with Crippen molar-refractivity contribution in [2.75, 3.05) is 25.5 Å². The van der Waals surface area contributed by atoms with Crippen molar-refractivity contribution in [3.8, 4) is 23.0 Å². The van der Waals surface area contributed by atoms with Crippen molar-refractivity contribution in [3.05, 3.63) is 137 Å². The van der Waals surface area contributed by atoms with Gasteiger partial charge >= 0.3 is 5.97 Å². The maximum Gasteiger partial charge on any atom is 0.340 e. The van der Waals surface area contributed by atoms with E-state index in [0.29, 0.717) is 53.9 Å². The predicted molar refractivity (Wildman–Crippen MR) is 208 cm³/mol. The fourth-order valence-electron chi connectivity index (χ4n) is 6.97. The number of nitrogens with zero attached hydrogens (tertiary/aromatic N) is 3. The Balaban J connectivity index is 1.18. The number of hydrogen-bond donors (Lipinski definition) is 4. The summed E-state index contributed by atoms with van der Waals surface area (Å²) in [4.78, 5) is 55.3. The molecule has 1 amide bonds. The number of azo groups is 1. The Hall–Kier alpha value is -6.86. The average Bonchev–Trinajstić information content (AvgIpc) is 3.47. The third kappa shape index (κ3) is 7.31. The molecule has 0 radical (unpaired) electrons. The Kier molecular flexibility index (Phi) is 10.4. The lowest BCUT2D eigenvalue weighted by atomic mass is 9.77. The van der Waals surface area contributed by atoms with Crippen LogP contribution in [0.5, 0.6) is 23.0 Å². The third-order valence-electron chi connectivity index (χ3n) is 9.83. The summed E-state index contributed by atoms with van der Waals surface area (Å²) in [7, 11) is 3.90. The molecule has 1 unspecified atom stereocenters. The summed E-state index contributed by atoms with van der Waals surface area (Å²) in [5.41, 5.74) is 7.75. The summed E-state index contributed by atoms with van der Waals surface area (Å²) in [6.45, 7) is 0.295. The number of esters is 1. The summed E-state index contributed by atoms with van der Waals surface area (Å²) in [5.74, 6) is -1.85. The second-order valence-electron chi connectivity index (χ2n) is 13.8. The maximum absolute atomic E-state index is 14.3. The number of amides is 1. The number of carbonyl (C=O) groups excluding carboxylic acids is 4. The number of phenols is 2. The number of nitrogens with two attached hydrogens (primary N) is 1. The van der Waals surface area contributed by atoms with Gasteiger partial charge in [0.05, 0.1) is 16.9 Å². The van der Waals surface area contributed by atoms with E-state index in [2.05, 4.69) is 15.5 Å². The molecule has 5 aromatic carbocycles. The molecule has 2 aliphatic heterocycles. The van der Waals surface area contributed by atoms with E-state index in [4.69, 9.17) is 15.2 Å². The van der Waals surface area contributed by atoms with Crippen LogP contribution in [0.3, 0.4) is 0 Å². The summed E-state index contributed by atoms with van der Waals surface area (Å²) < 4.78 is 12.2. The fraction of sp³-hybridized carbons (Fsp3) is 0.209. The molecular weight excluding hydrogens is 715 g/mol. The van der Waals surface area contributed by atoms with Crippen molar-refractivity contribution in [2.24, 2.45) is 16.0 Å². The number of aromatic hydroxyl groups is 2. The summed E-state index contributed by atoms with van der Waals surface area (Å²) in [6, 6.07) is 26.2.